The summed E-state index contributed by atoms with van der Waals surface area (Å²) in [5.41, 5.74) is 2.40. The minimum Gasteiger partial charge on any atom is -1.00 e. The number of benzene rings is 1. The smallest absolute Gasteiger partial charge is 0.266 e. The van der Waals surface area contributed by atoms with Crippen LogP contribution in [-0.2, 0) is 0 Å². The highest BCUT2D eigenvalue weighted by molar-refractivity contribution is 8.13. The van der Waals surface area contributed by atoms with Gasteiger partial charge in [0.1, 0.15) is 5.69 Å². The summed E-state index contributed by atoms with van der Waals surface area (Å²) in [7, 11) is 2.29. The third-order valence-corrected chi connectivity index (χ3v) is 4.78. The predicted molar refractivity (Wildman–Crippen MR) is 72.4 cm³/mol. The lowest BCUT2D eigenvalue weighted by molar-refractivity contribution is -0.884. The molecule has 0 aliphatic carbocycles. The van der Waals surface area contributed by atoms with Crippen LogP contribution in [0.25, 0.3) is 0 Å². The summed E-state index contributed by atoms with van der Waals surface area (Å²) in [6.45, 7) is 2.61. The molecule has 3 nitrogen and oxygen atoms in total. The third kappa shape index (κ3) is 4.10. The Morgan fingerprint density at radius 3 is 2.58 bits per heavy atom. The summed E-state index contributed by atoms with van der Waals surface area (Å²) < 4.78 is 0. The molecule has 0 spiro atoms. The van der Waals surface area contributed by atoms with E-state index >= 15 is 0 Å². The fourth-order valence-corrected chi connectivity index (χ4v) is 3.59. The molecular weight excluding hydrogens is 301 g/mol. The largest absolute Gasteiger partial charge is 1.00 e. The summed E-state index contributed by atoms with van der Waals surface area (Å²) in [5, 5.41) is 4.20. The van der Waals surface area contributed by atoms with E-state index in [-0.39, 0.29) is 24.8 Å². The number of para-hydroxylation sites is 2. The summed E-state index contributed by atoms with van der Waals surface area (Å²) in [4.78, 5) is 6.35. The molecule has 0 amide bonds. The van der Waals surface area contributed by atoms with Gasteiger partial charge in [0.2, 0.25) is 0 Å². The van der Waals surface area contributed by atoms with Crippen molar-refractivity contribution in [2.45, 2.75) is 18.1 Å². The minimum atomic E-state index is 0. The highest BCUT2D eigenvalue weighted by atomic mass is 35.5. The van der Waals surface area contributed by atoms with Crippen molar-refractivity contribution in [1.29, 1.82) is 0 Å². The van der Waals surface area contributed by atoms with Crippen molar-refractivity contribution in [3.63, 3.8) is 0 Å². The molecular formula is C13H19Cl2N3S. The lowest BCUT2D eigenvalue weighted by Gasteiger charge is -2.24. The molecule has 2 heterocycles. The van der Waals surface area contributed by atoms with Crippen molar-refractivity contribution in [3.05, 3.63) is 24.3 Å². The molecule has 1 aromatic carbocycles. The van der Waals surface area contributed by atoms with Crippen LogP contribution in [0.3, 0.4) is 0 Å². The minimum absolute atomic E-state index is 0. The second-order valence-corrected chi connectivity index (χ2v) is 6.25. The number of fused-ring (bicyclic) bond motifs is 1. The van der Waals surface area contributed by atoms with Gasteiger partial charge in [0.05, 0.1) is 20.1 Å². The van der Waals surface area contributed by atoms with E-state index in [4.69, 9.17) is 0 Å². The average Bonchev–Trinajstić information content (AvgIpc) is 2.74. The molecule has 0 unspecified atom stereocenters. The van der Waals surface area contributed by atoms with Crippen LogP contribution in [0.1, 0.15) is 12.8 Å². The van der Waals surface area contributed by atoms with Crippen LogP contribution in [0.5, 0.6) is 0 Å². The maximum absolute atomic E-state index is 4.68. The van der Waals surface area contributed by atoms with Crippen LogP contribution < -0.4 is 35.0 Å². The molecule has 0 bridgehead atoms. The van der Waals surface area contributed by atoms with Crippen LogP contribution in [0.4, 0.5) is 11.4 Å². The maximum atomic E-state index is 4.68. The zero-order chi connectivity index (χ0) is 11.7. The van der Waals surface area contributed by atoms with Gasteiger partial charge in [-0.05, 0) is 17.8 Å². The van der Waals surface area contributed by atoms with Gasteiger partial charge < -0.3 is 29.7 Å². The van der Waals surface area contributed by atoms with Gasteiger partial charge in [0.25, 0.3) is 5.17 Å². The quantitative estimate of drug-likeness (QED) is 0.497. The number of amidine groups is 1. The monoisotopic (exact) mass is 319 g/mol. The van der Waals surface area contributed by atoms with Crippen LogP contribution in [0.15, 0.2) is 29.3 Å². The first-order valence-corrected chi connectivity index (χ1v) is 7.19. The number of hydrogen-bond donors (Lipinski definition) is 2. The van der Waals surface area contributed by atoms with E-state index in [1.807, 2.05) is 11.8 Å². The van der Waals surface area contributed by atoms with E-state index in [9.17, 15) is 0 Å². The van der Waals surface area contributed by atoms with Crippen LogP contribution in [0, 0.1) is 0 Å². The number of thioether (sulfide) groups is 1. The lowest BCUT2D eigenvalue weighted by Crippen LogP contribution is -3.10. The van der Waals surface area contributed by atoms with Gasteiger partial charge in [0, 0.05) is 24.2 Å². The van der Waals surface area contributed by atoms with Gasteiger partial charge in [-0.25, -0.2) is 0 Å². The molecule has 106 valence electrons. The topological polar surface area (TPSA) is 33.4 Å². The van der Waals surface area contributed by atoms with Gasteiger partial charge in [-0.3, -0.25) is 5.32 Å². The Labute approximate surface area is 131 Å². The Morgan fingerprint density at radius 1 is 1.21 bits per heavy atom. The Kier molecular flexibility index (Phi) is 6.63. The number of rotatable bonds is 1. The number of likely N-dealkylation sites (tertiary alicyclic amines) is 1. The standard InChI is InChI=1S/C13H17N3S.2ClH/c1-16-8-6-10(7-9-16)17-13-14-11-4-2-3-5-12(11)15-13;;/h2-5,10H,6-9H2,1H3,(H,14,15);2*1H. The Balaban J connectivity index is 0.000000902. The van der Waals surface area contributed by atoms with E-state index in [2.05, 4.69) is 41.6 Å². The molecule has 1 fully saturated rings. The number of piperidine rings is 1. The van der Waals surface area contributed by atoms with Gasteiger partial charge in [-0.1, -0.05) is 12.1 Å². The Morgan fingerprint density at radius 2 is 1.89 bits per heavy atom. The zero-order valence-corrected chi connectivity index (χ0v) is 13.2. The number of quaternary nitrogens is 2. The molecule has 2 aliphatic rings. The zero-order valence-electron chi connectivity index (χ0n) is 10.9. The molecule has 19 heavy (non-hydrogen) atoms. The van der Waals surface area contributed by atoms with Gasteiger partial charge in [-0.15, -0.1) is 0 Å². The van der Waals surface area contributed by atoms with Crippen molar-refractivity contribution in [2.75, 3.05) is 20.1 Å². The lowest BCUT2D eigenvalue weighted by atomic mass is 10.1. The Hall–Kier alpha value is -0.260. The molecule has 2 aliphatic heterocycles. The van der Waals surface area contributed by atoms with Crippen molar-refractivity contribution in [2.24, 2.45) is 4.99 Å². The number of nitrogens with one attached hydrogen (secondary N) is 1. The summed E-state index contributed by atoms with van der Waals surface area (Å²) in [6, 6.07) is 8.38. The summed E-state index contributed by atoms with van der Waals surface area (Å²) in [6.07, 6.45) is 2.64. The van der Waals surface area contributed by atoms with Crippen LogP contribution >= 0.6 is 11.8 Å². The molecule has 3 N–H and O–H groups in total. The second kappa shape index (κ2) is 7.50. The SMILES string of the molecule is C[NH+]1CCC(SC2=Nc3ccccc3[NH2+]2)CC1.[Cl-].[Cl-]. The summed E-state index contributed by atoms with van der Waals surface area (Å²) in [5.74, 6) is 0. The number of nitrogens with zero attached hydrogens (tertiary/aromatic N) is 1. The van der Waals surface area contributed by atoms with Gasteiger partial charge in [0.15, 0.2) is 5.69 Å². The second-order valence-electron chi connectivity index (χ2n) is 4.93. The molecule has 0 aromatic heterocycles. The number of hydrogen-bond acceptors (Lipinski definition) is 2. The summed E-state index contributed by atoms with van der Waals surface area (Å²) >= 11 is 1.97. The number of aliphatic imine (C=N–C) groups is 1. The van der Waals surface area contributed by atoms with Crippen LogP contribution in [0.2, 0.25) is 0 Å². The first-order valence-electron chi connectivity index (χ1n) is 6.32. The van der Waals surface area contributed by atoms with E-state index in [0.717, 1.165) is 10.9 Å². The van der Waals surface area contributed by atoms with Crippen molar-refractivity contribution < 1.29 is 35.0 Å². The Bertz CT molecular complexity index is 445. The van der Waals surface area contributed by atoms with Gasteiger partial charge >= 0.3 is 0 Å². The molecule has 0 saturated carbocycles. The van der Waals surface area contributed by atoms with E-state index < -0.39 is 0 Å². The highest BCUT2D eigenvalue weighted by Crippen LogP contribution is 2.28. The molecule has 6 heteroatoms. The van der Waals surface area contributed by atoms with E-state index in [1.54, 1.807) is 4.90 Å². The van der Waals surface area contributed by atoms with Crippen LogP contribution in [-0.4, -0.2) is 30.6 Å². The number of halogens is 2. The van der Waals surface area contributed by atoms with E-state index in [1.165, 1.54) is 36.8 Å². The fraction of sp³-hybridized carbons (Fsp3) is 0.462. The maximum Gasteiger partial charge on any atom is 0.266 e. The first-order chi connectivity index (χ1) is 8.31. The average molecular weight is 320 g/mol. The van der Waals surface area contributed by atoms with E-state index in [0.29, 0.717) is 0 Å². The normalized spacial score (nSPS) is 24.8. The van der Waals surface area contributed by atoms with Gasteiger partial charge in [-0.2, -0.15) is 4.99 Å². The predicted octanol–water partition coefficient (Wildman–Crippen LogP) is -5.70. The highest BCUT2D eigenvalue weighted by Gasteiger charge is 2.26. The van der Waals surface area contributed by atoms with Crippen molar-refractivity contribution in [1.82, 2.24) is 0 Å². The molecule has 3 rings (SSSR count). The van der Waals surface area contributed by atoms with Crippen molar-refractivity contribution in [3.8, 4) is 0 Å². The molecule has 0 atom stereocenters. The fourth-order valence-electron chi connectivity index (χ4n) is 2.43. The molecule has 0 radical (unpaired) electrons. The first kappa shape index (κ1) is 16.8. The molecule has 1 aromatic rings. The number of nitrogens with two attached hydrogens (primary N) is 1. The third-order valence-electron chi connectivity index (χ3n) is 3.52. The molecule has 1 saturated heterocycles. The van der Waals surface area contributed by atoms with Crippen molar-refractivity contribution >= 4 is 28.3 Å².